The van der Waals surface area contributed by atoms with E-state index in [0.717, 1.165) is 34.3 Å². The molecule has 5 nitrogen and oxygen atoms in total. The Labute approximate surface area is 158 Å². The third kappa shape index (κ3) is 4.03. The number of benzene rings is 1. The average molecular weight is 375 g/mol. The molecule has 1 unspecified atom stereocenters. The van der Waals surface area contributed by atoms with E-state index in [9.17, 15) is 5.11 Å². The molecule has 1 N–H and O–H groups in total. The van der Waals surface area contributed by atoms with E-state index in [1.54, 1.807) is 11.3 Å². The number of aliphatic hydroxyl groups excluding tert-OH is 1. The van der Waals surface area contributed by atoms with E-state index in [4.69, 9.17) is 14.5 Å². The van der Waals surface area contributed by atoms with Gasteiger partial charge in [-0.2, -0.15) is 0 Å². The number of fused-ring (bicyclic) bond motifs is 1. The first-order chi connectivity index (χ1) is 12.7. The Hall–Kier alpha value is -1.63. The Morgan fingerprint density at radius 1 is 1.23 bits per heavy atom. The third-order valence-electron chi connectivity index (χ3n) is 5.13. The van der Waals surface area contributed by atoms with Gasteiger partial charge in [0.25, 0.3) is 0 Å². The Bertz CT molecular complexity index is 740. The zero-order chi connectivity index (χ0) is 17.9. The molecular formula is C20H26N2O3S. The predicted molar refractivity (Wildman–Crippen MR) is 103 cm³/mol. The van der Waals surface area contributed by atoms with Gasteiger partial charge in [0.15, 0.2) is 11.5 Å². The number of rotatable bonds is 6. The summed E-state index contributed by atoms with van der Waals surface area (Å²) in [5, 5.41) is 13.1. The lowest BCUT2D eigenvalue weighted by Crippen LogP contribution is -2.40. The number of nitrogens with zero attached hydrogens (tertiary/aromatic N) is 2. The highest BCUT2D eigenvalue weighted by Gasteiger charge is 2.23. The summed E-state index contributed by atoms with van der Waals surface area (Å²) in [4.78, 5) is 7.27. The molecule has 1 saturated carbocycles. The molecule has 6 heteroatoms. The molecule has 140 valence electrons. The predicted octanol–water partition coefficient (Wildman–Crippen LogP) is 4.05. The monoisotopic (exact) mass is 374 g/mol. The molecular weight excluding hydrogens is 348 g/mol. The Morgan fingerprint density at radius 2 is 2.04 bits per heavy atom. The molecule has 1 atom stereocenters. The highest BCUT2D eigenvalue weighted by molar-refractivity contribution is 7.13. The molecule has 2 heterocycles. The average Bonchev–Trinajstić information content (AvgIpc) is 3.30. The van der Waals surface area contributed by atoms with Gasteiger partial charge in [-0.15, -0.1) is 11.3 Å². The summed E-state index contributed by atoms with van der Waals surface area (Å²) in [6.07, 6.45) is 6.06. The number of aromatic nitrogens is 1. The van der Waals surface area contributed by atoms with Gasteiger partial charge in [0.1, 0.15) is 5.01 Å². The molecule has 2 aliphatic rings. The van der Waals surface area contributed by atoms with Crippen LogP contribution in [-0.4, -0.2) is 40.5 Å². The van der Waals surface area contributed by atoms with Crippen molar-refractivity contribution in [3.63, 3.8) is 0 Å². The maximum Gasteiger partial charge on any atom is 0.231 e. The molecule has 1 aliphatic carbocycles. The summed E-state index contributed by atoms with van der Waals surface area (Å²) in [7, 11) is 0. The van der Waals surface area contributed by atoms with Gasteiger partial charge in [-0.05, 0) is 38.0 Å². The van der Waals surface area contributed by atoms with Crippen LogP contribution in [0.15, 0.2) is 23.6 Å². The van der Waals surface area contributed by atoms with Gasteiger partial charge in [0.05, 0.1) is 11.8 Å². The van der Waals surface area contributed by atoms with Crippen LogP contribution < -0.4 is 9.47 Å². The molecule has 0 amide bonds. The summed E-state index contributed by atoms with van der Waals surface area (Å²) in [5.74, 6) is 1.59. The molecule has 4 rings (SSSR count). The number of thiazole rings is 1. The van der Waals surface area contributed by atoms with Crippen molar-refractivity contribution in [3.8, 4) is 22.1 Å². The summed E-state index contributed by atoms with van der Waals surface area (Å²) in [6.45, 7) is 3.67. The van der Waals surface area contributed by atoms with E-state index in [1.807, 2.05) is 25.1 Å². The van der Waals surface area contributed by atoms with E-state index in [2.05, 4.69) is 10.3 Å². The first-order valence-electron chi connectivity index (χ1n) is 9.45. The van der Waals surface area contributed by atoms with Gasteiger partial charge in [-0.25, -0.2) is 4.98 Å². The van der Waals surface area contributed by atoms with Gasteiger partial charge in [0.2, 0.25) is 6.79 Å². The van der Waals surface area contributed by atoms with Crippen molar-refractivity contribution in [1.29, 1.82) is 0 Å². The van der Waals surface area contributed by atoms with Crippen LogP contribution in [0.3, 0.4) is 0 Å². The minimum absolute atomic E-state index is 0.289. The molecule has 0 saturated heterocycles. The lowest BCUT2D eigenvalue weighted by molar-refractivity contribution is 0.0761. The SMILES string of the molecule is CC(O)CN(Cc1csc(-c2ccc3c(c2)OCO3)n1)C1CCCCC1. The van der Waals surface area contributed by atoms with Crippen molar-refractivity contribution < 1.29 is 14.6 Å². The lowest BCUT2D eigenvalue weighted by atomic mass is 9.94. The van der Waals surface area contributed by atoms with Gasteiger partial charge in [-0.3, -0.25) is 4.90 Å². The molecule has 2 aromatic rings. The minimum Gasteiger partial charge on any atom is -0.454 e. The fourth-order valence-electron chi connectivity index (χ4n) is 3.88. The summed E-state index contributed by atoms with van der Waals surface area (Å²) in [6, 6.07) is 6.54. The van der Waals surface area contributed by atoms with Gasteiger partial charge >= 0.3 is 0 Å². The van der Waals surface area contributed by atoms with E-state index in [-0.39, 0.29) is 12.9 Å². The van der Waals surface area contributed by atoms with Crippen LogP contribution >= 0.6 is 11.3 Å². The minimum atomic E-state index is -0.316. The van der Waals surface area contributed by atoms with E-state index in [1.165, 1.54) is 32.1 Å². The quantitative estimate of drug-likeness (QED) is 0.826. The molecule has 1 aromatic carbocycles. The topological polar surface area (TPSA) is 54.8 Å². The molecule has 0 bridgehead atoms. The van der Waals surface area contributed by atoms with Gasteiger partial charge < -0.3 is 14.6 Å². The van der Waals surface area contributed by atoms with Crippen molar-refractivity contribution in [1.82, 2.24) is 9.88 Å². The van der Waals surface area contributed by atoms with E-state index >= 15 is 0 Å². The highest BCUT2D eigenvalue weighted by atomic mass is 32.1. The van der Waals surface area contributed by atoms with E-state index in [0.29, 0.717) is 12.6 Å². The first-order valence-corrected chi connectivity index (χ1v) is 10.3. The summed E-state index contributed by atoms with van der Waals surface area (Å²) < 4.78 is 10.9. The van der Waals surface area contributed by atoms with Crippen LogP contribution in [-0.2, 0) is 6.54 Å². The number of hydrogen-bond acceptors (Lipinski definition) is 6. The summed E-state index contributed by atoms with van der Waals surface area (Å²) in [5.41, 5.74) is 2.14. The number of hydrogen-bond donors (Lipinski definition) is 1. The second-order valence-corrected chi connectivity index (χ2v) is 8.14. The number of ether oxygens (including phenoxy) is 2. The standard InChI is InChI=1S/C20H26N2O3S/c1-14(23)10-22(17-5-3-2-4-6-17)11-16-12-26-20(21-16)15-7-8-18-19(9-15)25-13-24-18/h7-9,12,14,17,23H,2-6,10-11,13H2,1H3. The molecule has 1 aromatic heterocycles. The van der Waals surface area contributed by atoms with E-state index < -0.39 is 0 Å². The first kappa shape index (κ1) is 17.8. The Morgan fingerprint density at radius 3 is 2.85 bits per heavy atom. The molecule has 0 radical (unpaired) electrons. The maximum atomic E-state index is 9.92. The maximum absolute atomic E-state index is 9.92. The van der Waals surface area contributed by atoms with Gasteiger partial charge in [0, 0.05) is 30.1 Å². The Kier molecular flexibility index (Phi) is 5.43. The van der Waals surface area contributed by atoms with Crippen molar-refractivity contribution in [3.05, 3.63) is 29.3 Å². The van der Waals surface area contributed by atoms with Crippen LogP contribution in [0.4, 0.5) is 0 Å². The summed E-state index contributed by atoms with van der Waals surface area (Å²) >= 11 is 1.66. The molecule has 1 aliphatic heterocycles. The second kappa shape index (κ2) is 7.94. The largest absolute Gasteiger partial charge is 0.454 e. The number of aliphatic hydroxyl groups is 1. The molecule has 1 fully saturated rings. The highest BCUT2D eigenvalue weighted by Crippen LogP contribution is 2.37. The van der Waals surface area contributed by atoms with Crippen LogP contribution in [0, 0.1) is 0 Å². The lowest BCUT2D eigenvalue weighted by Gasteiger charge is -2.34. The Balaban J connectivity index is 1.49. The van der Waals surface area contributed by atoms with Crippen LogP contribution in [0.2, 0.25) is 0 Å². The van der Waals surface area contributed by atoms with Crippen molar-refractivity contribution >= 4 is 11.3 Å². The van der Waals surface area contributed by atoms with Crippen molar-refractivity contribution in [2.24, 2.45) is 0 Å². The smallest absolute Gasteiger partial charge is 0.231 e. The second-order valence-electron chi connectivity index (χ2n) is 7.28. The van der Waals surface area contributed by atoms with Crippen molar-refractivity contribution in [2.45, 2.75) is 57.7 Å². The van der Waals surface area contributed by atoms with Crippen LogP contribution in [0.5, 0.6) is 11.5 Å². The normalized spacial score (nSPS) is 18.4. The van der Waals surface area contributed by atoms with Crippen molar-refractivity contribution in [2.75, 3.05) is 13.3 Å². The fourth-order valence-corrected chi connectivity index (χ4v) is 4.69. The molecule has 26 heavy (non-hydrogen) atoms. The zero-order valence-electron chi connectivity index (χ0n) is 15.2. The third-order valence-corrected chi connectivity index (χ3v) is 6.07. The van der Waals surface area contributed by atoms with Crippen LogP contribution in [0.1, 0.15) is 44.7 Å². The fraction of sp³-hybridized carbons (Fsp3) is 0.550. The van der Waals surface area contributed by atoms with Crippen LogP contribution in [0.25, 0.3) is 10.6 Å². The van der Waals surface area contributed by atoms with Gasteiger partial charge in [-0.1, -0.05) is 19.3 Å². The molecule has 0 spiro atoms. The zero-order valence-corrected chi connectivity index (χ0v) is 16.0.